The van der Waals surface area contributed by atoms with Crippen molar-refractivity contribution in [1.82, 2.24) is 10.1 Å². The van der Waals surface area contributed by atoms with Crippen LogP contribution in [0.3, 0.4) is 0 Å². The quantitative estimate of drug-likeness (QED) is 0.792. The molecule has 1 aliphatic rings. The molecular weight excluding hydrogens is 212 g/mol. The second-order valence-electron chi connectivity index (χ2n) is 3.87. The molecule has 0 bridgehead atoms. The second kappa shape index (κ2) is 3.96. The van der Waals surface area contributed by atoms with Crippen molar-refractivity contribution >= 4 is 11.9 Å². The average molecular weight is 224 g/mol. The van der Waals surface area contributed by atoms with Crippen molar-refractivity contribution in [3.63, 3.8) is 0 Å². The first-order chi connectivity index (χ1) is 7.59. The third-order valence-electron chi connectivity index (χ3n) is 2.81. The number of likely N-dealkylation sites (tertiary alicyclic amines) is 1. The summed E-state index contributed by atoms with van der Waals surface area (Å²) in [6.45, 7) is 2.39. The lowest BCUT2D eigenvalue weighted by molar-refractivity contribution is -0.141. The van der Waals surface area contributed by atoms with E-state index in [1.165, 1.54) is 11.1 Å². The van der Waals surface area contributed by atoms with Gasteiger partial charge in [0.15, 0.2) is 0 Å². The fourth-order valence-corrected chi connectivity index (χ4v) is 1.82. The normalized spacial score (nSPS) is 20.1. The van der Waals surface area contributed by atoms with Crippen LogP contribution in [0.25, 0.3) is 0 Å². The van der Waals surface area contributed by atoms with Gasteiger partial charge in [-0.05, 0) is 13.3 Å². The minimum atomic E-state index is -0.850. The lowest BCUT2D eigenvalue weighted by atomic mass is 10.1. The smallest absolute Gasteiger partial charge is 0.308 e. The van der Waals surface area contributed by atoms with Crippen LogP contribution in [-0.4, -0.2) is 40.1 Å². The molecule has 0 aliphatic carbocycles. The zero-order valence-corrected chi connectivity index (χ0v) is 8.84. The van der Waals surface area contributed by atoms with Crippen molar-refractivity contribution in [3.8, 4) is 0 Å². The van der Waals surface area contributed by atoms with Gasteiger partial charge in [-0.25, -0.2) is 0 Å². The SMILES string of the molecule is Cc1oncc1C(=O)N1CC[C@@H](C(=O)O)C1. The summed E-state index contributed by atoms with van der Waals surface area (Å²) in [7, 11) is 0. The van der Waals surface area contributed by atoms with Gasteiger partial charge in [0, 0.05) is 13.1 Å². The summed E-state index contributed by atoms with van der Waals surface area (Å²) in [5.74, 6) is -1.05. The van der Waals surface area contributed by atoms with E-state index in [1.54, 1.807) is 6.92 Å². The first kappa shape index (κ1) is 10.7. The highest BCUT2D eigenvalue weighted by molar-refractivity contribution is 5.95. The van der Waals surface area contributed by atoms with Gasteiger partial charge < -0.3 is 14.5 Å². The highest BCUT2D eigenvalue weighted by Gasteiger charge is 2.32. The van der Waals surface area contributed by atoms with E-state index in [0.29, 0.717) is 24.3 Å². The molecule has 0 aromatic carbocycles. The molecule has 86 valence electrons. The highest BCUT2D eigenvalue weighted by Crippen LogP contribution is 2.19. The number of nitrogens with zero attached hydrogens (tertiary/aromatic N) is 2. The average Bonchev–Trinajstić information content (AvgIpc) is 2.84. The van der Waals surface area contributed by atoms with Crippen LogP contribution in [0, 0.1) is 12.8 Å². The molecule has 1 aromatic heterocycles. The first-order valence-electron chi connectivity index (χ1n) is 5.03. The van der Waals surface area contributed by atoms with Gasteiger partial charge in [0.1, 0.15) is 11.3 Å². The lowest BCUT2D eigenvalue weighted by Crippen LogP contribution is -2.30. The molecule has 16 heavy (non-hydrogen) atoms. The maximum Gasteiger partial charge on any atom is 0.308 e. The number of aromatic nitrogens is 1. The van der Waals surface area contributed by atoms with Crippen molar-refractivity contribution in [2.24, 2.45) is 5.92 Å². The molecule has 2 heterocycles. The molecular formula is C10H12N2O4. The summed E-state index contributed by atoms with van der Waals surface area (Å²) in [6.07, 6.45) is 1.87. The van der Waals surface area contributed by atoms with Crippen LogP contribution < -0.4 is 0 Å². The Labute approximate surface area is 91.8 Å². The molecule has 1 saturated heterocycles. The molecule has 2 rings (SSSR count). The van der Waals surface area contributed by atoms with Crippen molar-refractivity contribution < 1.29 is 19.2 Å². The number of carboxylic acid groups (broad SMARTS) is 1. The van der Waals surface area contributed by atoms with Gasteiger partial charge in [-0.15, -0.1) is 0 Å². The van der Waals surface area contributed by atoms with Crippen LogP contribution in [0.2, 0.25) is 0 Å². The number of carbonyl (C=O) groups excluding carboxylic acids is 1. The molecule has 1 atom stereocenters. The molecule has 1 fully saturated rings. The van der Waals surface area contributed by atoms with Crippen molar-refractivity contribution in [1.29, 1.82) is 0 Å². The Balaban J connectivity index is 2.08. The number of carbonyl (C=O) groups is 2. The molecule has 6 heteroatoms. The van der Waals surface area contributed by atoms with Gasteiger partial charge in [-0.2, -0.15) is 0 Å². The lowest BCUT2D eigenvalue weighted by Gasteiger charge is -2.14. The Morgan fingerprint density at radius 3 is 2.88 bits per heavy atom. The number of aliphatic carboxylic acids is 1. The Hall–Kier alpha value is -1.85. The van der Waals surface area contributed by atoms with Crippen LogP contribution in [0.4, 0.5) is 0 Å². The third-order valence-corrected chi connectivity index (χ3v) is 2.81. The largest absolute Gasteiger partial charge is 0.481 e. The molecule has 1 aliphatic heterocycles. The van der Waals surface area contributed by atoms with E-state index in [0.717, 1.165) is 0 Å². The summed E-state index contributed by atoms with van der Waals surface area (Å²) >= 11 is 0. The fraction of sp³-hybridized carbons (Fsp3) is 0.500. The number of hydrogen-bond acceptors (Lipinski definition) is 4. The number of hydrogen-bond donors (Lipinski definition) is 1. The minimum absolute atomic E-state index is 0.206. The third kappa shape index (κ3) is 1.78. The zero-order chi connectivity index (χ0) is 11.7. The predicted molar refractivity (Wildman–Crippen MR) is 52.9 cm³/mol. The maximum absolute atomic E-state index is 11.9. The van der Waals surface area contributed by atoms with Crippen LogP contribution in [0.1, 0.15) is 22.5 Å². The maximum atomic E-state index is 11.9. The summed E-state index contributed by atoms with van der Waals surface area (Å²) in [6, 6.07) is 0. The Kier molecular flexibility index (Phi) is 2.64. The van der Waals surface area contributed by atoms with Gasteiger partial charge >= 0.3 is 5.97 Å². The summed E-state index contributed by atoms with van der Waals surface area (Å²) in [5, 5.41) is 12.4. The van der Waals surface area contributed by atoms with E-state index in [-0.39, 0.29) is 12.5 Å². The second-order valence-corrected chi connectivity index (χ2v) is 3.87. The van der Waals surface area contributed by atoms with E-state index in [2.05, 4.69) is 5.16 Å². The number of rotatable bonds is 2. The number of aryl methyl sites for hydroxylation is 1. The summed E-state index contributed by atoms with van der Waals surface area (Å²) < 4.78 is 4.81. The molecule has 0 unspecified atom stereocenters. The van der Waals surface area contributed by atoms with Gasteiger partial charge in [0.25, 0.3) is 5.91 Å². The summed E-state index contributed by atoms with van der Waals surface area (Å²) in [5.41, 5.74) is 0.408. The monoisotopic (exact) mass is 224 g/mol. The Morgan fingerprint density at radius 2 is 2.38 bits per heavy atom. The topological polar surface area (TPSA) is 83.6 Å². The minimum Gasteiger partial charge on any atom is -0.481 e. The Morgan fingerprint density at radius 1 is 1.62 bits per heavy atom. The molecule has 0 saturated carbocycles. The van der Waals surface area contributed by atoms with Crippen LogP contribution in [-0.2, 0) is 4.79 Å². The standard InChI is InChI=1S/C10H12N2O4/c1-6-8(4-11-16-6)9(13)12-3-2-7(5-12)10(14)15/h4,7H,2-3,5H2,1H3,(H,14,15)/t7-/m1/s1. The number of carboxylic acids is 1. The van der Waals surface area contributed by atoms with Gasteiger partial charge in [-0.1, -0.05) is 5.16 Å². The van der Waals surface area contributed by atoms with Crippen LogP contribution >= 0.6 is 0 Å². The summed E-state index contributed by atoms with van der Waals surface area (Å²) in [4.78, 5) is 24.2. The highest BCUT2D eigenvalue weighted by atomic mass is 16.5. The fourth-order valence-electron chi connectivity index (χ4n) is 1.82. The number of amides is 1. The van der Waals surface area contributed by atoms with Crippen LogP contribution in [0.15, 0.2) is 10.7 Å². The first-order valence-corrected chi connectivity index (χ1v) is 5.03. The zero-order valence-electron chi connectivity index (χ0n) is 8.84. The van der Waals surface area contributed by atoms with E-state index >= 15 is 0 Å². The van der Waals surface area contributed by atoms with E-state index in [4.69, 9.17) is 9.63 Å². The van der Waals surface area contributed by atoms with Gasteiger partial charge in [0.05, 0.1) is 12.1 Å². The van der Waals surface area contributed by atoms with E-state index < -0.39 is 11.9 Å². The Bertz CT molecular complexity index is 426. The molecule has 1 amide bonds. The van der Waals surface area contributed by atoms with Crippen LogP contribution in [0.5, 0.6) is 0 Å². The van der Waals surface area contributed by atoms with Gasteiger partial charge in [-0.3, -0.25) is 9.59 Å². The molecule has 1 N–H and O–H groups in total. The predicted octanol–water partition coefficient (Wildman–Crippen LogP) is 0.530. The van der Waals surface area contributed by atoms with Crippen molar-refractivity contribution in [2.75, 3.05) is 13.1 Å². The van der Waals surface area contributed by atoms with Gasteiger partial charge in [0.2, 0.25) is 0 Å². The van der Waals surface area contributed by atoms with E-state index in [9.17, 15) is 9.59 Å². The van der Waals surface area contributed by atoms with Crippen molar-refractivity contribution in [2.45, 2.75) is 13.3 Å². The van der Waals surface area contributed by atoms with E-state index in [1.807, 2.05) is 0 Å². The molecule has 6 nitrogen and oxygen atoms in total. The van der Waals surface area contributed by atoms with Crippen molar-refractivity contribution in [3.05, 3.63) is 17.5 Å². The molecule has 0 spiro atoms. The molecule has 1 aromatic rings. The molecule has 0 radical (unpaired) electrons.